The van der Waals surface area contributed by atoms with Crippen LogP contribution in [0.3, 0.4) is 0 Å². The van der Waals surface area contributed by atoms with E-state index in [0.717, 1.165) is 42.6 Å². The molecule has 0 bridgehead atoms. The zero-order chi connectivity index (χ0) is 12.4. The minimum Gasteiger partial charge on any atom is -0.381 e. The fourth-order valence-corrected chi connectivity index (χ4v) is 2.71. The standard InChI is InChI=1S/C15H14BrNO/c16-15-8-14-10-17-9-13(14)7-12(15)2-1-11-3-5-18-6-4-11/h7-8,10-11H,3-6,9H2. The third kappa shape index (κ3) is 2.50. The predicted molar refractivity (Wildman–Crippen MR) is 75.9 cm³/mol. The van der Waals surface area contributed by atoms with Crippen molar-refractivity contribution in [3.63, 3.8) is 0 Å². The van der Waals surface area contributed by atoms with E-state index in [-0.39, 0.29) is 0 Å². The Balaban J connectivity index is 1.83. The molecule has 1 fully saturated rings. The van der Waals surface area contributed by atoms with Crippen LogP contribution in [0.5, 0.6) is 0 Å². The van der Waals surface area contributed by atoms with Crippen molar-refractivity contribution < 1.29 is 4.74 Å². The van der Waals surface area contributed by atoms with Crippen LogP contribution in [0.4, 0.5) is 0 Å². The highest BCUT2D eigenvalue weighted by molar-refractivity contribution is 9.10. The number of hydrogen-bond donors (Lipinski definition) is 0. The fraction of sp³-hybridized carbons (Fsp3) is 0.400. The highest BCUT2D eigenvalue weighted by atomic mass is 79.9. The molecule has 0 amide bonds. The third-order valence-electron chi connectivity index (χ3n) is 3.35. The molecule has 2 heterocycles. The van der Waals surface area contributed by atoms with E-state index in [1.54, 1.807) is 0 Å². The van der Waals surface area contributed by atoms with Crippen LogP contribution in [-0.2, 0) is 11.3 Å². The smallest absolute Gasteiger partial charge is 0.0646 e. The first kappa shape index (κ1) is 12.0. The Bertz CT molecular complexity index is 548. The first-order chi connectivity index (χ1) is 8.83. The van der Waals surface area contributed by atoms with Gasteiger partial charge in [-0.25, -0.2) is 0 Å². The summed E-state index contributed by atoms with van der Waals surface area (Å²) >= 11 is 3.59. The van der Waals surface area contributed by atoms with Gasteiger partial charge in [-0.3, -0.25) is 4.99 Å². The average molecular weight is 304 g/mol. The predicted octanol–water partition coefficient (Wildman–Crippen LogP) is 3.16. The quantitative estimate of drug-likeness (QED) is 0.675. The van der Waals surface area contributed by atoms with Crippen LogP contribution < -0.4 is 0 Å². The lowest BCUT2D eigenvalue weighted by Crippen LogP contribution is -2.13. The van der Waals surface area contributed by atoms with Gasteiger partial charge in [0.1, 0.15) is 0 Å². The van der Waals surface area contributed by atoms with Gasteiger partial charge in [0.05, 0.1) is 6.54 Å². The van der Waals surface area contributed by atoms with Crippen molar-refractivity contribution in [2.45, 2.75) is 19.4 Å². The number of halogens is 1. The molecule has 0 atom stereocenters. The second-order valence-corrected chi connectivity index (χ2v) is 5.51. The first-order valence-electron chi connectivity index (χ1n) is 6.24. The number of nitrogens with zero attached hydrogens (tertiary/aromatic N) is 1. The lowest BCUT2D eigenvalue weighted by Gasteiger charge is -2.16. The van der Waals surface area contributed by atoms with Gasteiger partial charge >= 0.3 is 0 Å². The van der Waals surface area contributed by atoms with E-state index >= 15 is 0 Å². The van der Waals surface area contributed by atoms with Crippen molar-refractivity contribution in [3.8, 4) is 11.8 Å². The van der Waals surface area contributed by atoms with E-state index < -0.39 is 0 Å². The molecule has 3 rings (SSSR count). The van der Waals surface area contributed by atoms with Crippen molar-refractivity contribution in [3.05, 3.63) is 33.3 Å². The molecule has 1 aromatic rings. The van der Waals surface area contributed by atoms with Gasteiger partial charge in [-0.05, 0) is 52.0 Å². The molecule has 2 aliphatic rings. The Morgan fingerprint density at radius 1 is 1.28 bits per heavy atom. The second kappa shape index (κ2) is 5.26. The molecule has 0 radical (unpaired) electrons. The molecule has 0 N–H and O–H groups in total. The van der Waals surface area contributed by atoms with Crippen LogP contribution in [0.25, 0.3) is 0 Å². The summed E-state index contributed by atoms with van der Waals surface area (Å²) in [7, 11) is 0. The van der Waals surface area contributed by atoms with E-state index in [4.69, 9.17) is 4.74 Å². The van der Waals surface area contributed by atoms with Crippen molar-refractivity contribution in [2.24, 2.45) is 10.9 Å². The molecule has 3 heteroatoms. The molecule has 0 saturated carbocycles. The number of benzene rings is 1. The number of aliphatic imine (C=N–C) groups is 1. The van der Waals surface area contributed by atoms with E-state index in [9.17, 15) is 0 Å². The van der Waals surface area contributed by atoms with E-state index in [0.29, 0.717) is 5.92 Å². The van der Waals surface area contributed by atoms with Gasteiger partial charge in [0.25, 0.3) is 0 Å². The molecule has 2 aliphatic heterocycles. The maximum absolute atomic E-state index is 5.34. The normalized spacial score (nSPS) is 18.3. The Hall–Kier alpha value is -1.11. The zero-order valence-electron chi connectivity index (χ0n) is 10.1. The van der Waals surface area contributed by atoms with Crippen molar-refractivity contribution in [1.29, 1.82) is 0 Å². The van der Waals surface area contributed by atoms with Gasteiger partial charge in [0, 0.05) is 35.4 Å². The van der Waals surface area contributed by atoms with Gasteiger partial charge in [-0.15, -0.1) is 0 Å². The molecule has 0 aromatic heterocycles. The number of rotatable bonds is 0. The van der Waals surface area contributed by atoms with Gasteiger partial charge in [-0.2, -0.15) is 0 Å². The van der Waals surface area contributed by atoms with Crippen LogP contribution in [0.15, 0.2) is 21.6 Å². The minimum absolute atomic E-state index is 0.482. The summed E-state index contributed by atoms with van der Waals surface area (Å²) in [5.74, 6) is 7.16. The Labute approximate surface area is 116 Å². The zero-order valence-corrected chi connectivity index (χ0v) is 11.7. The summed E-state index contributed by atoms with van der Waals surface area (Å²) in [5, 5.41) is 0. The summed E-state index contributed by atoms with van der Waals surface area (Å²) in [4.78, 5) is 4.27. The Morgan fingerprint density at radius 3 is 2.94 bits per heavy atom. The number of hydrogen-bond acceptors (Lipinski definition) is 2. The average Bonchev–Trinajstić information content (AvgIpc) is 2.84. The van der Waals surface area contributed by atoms with Gasteiger partial charge < -0.3 is 4.74 Å². The molecular formula is C15H14BrNO. The van der Waals surface area contributed by atoms with E-state index in [2.05, 4.69) is 44.9 Å². The topological polar surface area (TPSA) is 21.6 Å². The molecule has 18 heavy (non-hydrogen) atoms. The van der Waals surface area contributed by atoms with Crippen molar-refractivity contribution >= 4 is 22.1 Å². The van der Waals surface area contributed by atoms with Crippen LogP contribution in [-0.4, -0.2) is 19.4 Å². The largest absolute Gasteiger partial charge is 0.381 e. The summed E-state index contributed by atoms with van der Waals surface area (Å²) in [6.07, 6.45) is 4.03. The van der Waals surface area contributed by atoms with E-state index in [1.165, 1.54) is 11.1 Å². The lowest BCUT2D eigenvalue weighted by molar-refractivity contribution is 0.0807. The second-order valence-electron chi connectivity index (χ2n) is 4.66. The number of ether oxygens (including phenoxy) is 1. The monoisotopic (exact) mass is 303 g/mol. The summed E-state index contributed by atoms with van der Waals surface area (Å²) < 4.78 is 6.41. The SMILES string of the molecule is Brc1cc2c(cc1C#CC1CCOCC1)CN=C2. The van der Waals surface area contributed by atoms with Crippen LogP contribution >= 0.6 is 15.9 Å². The molecule has 0 spiro atoms. The van der Waals surface area contributed by atoms with Gasteiger partial charge in [0.15, 0.2) is 0 Å². The highest BCUT2D eigenvalue weighted by Crippen LogP contribution is 2.24. The highest BCUT2D eigenvalue weighted by Gasteiger charge is 2.12. The molecular weight excluding hydrogens is 290 g/mol. The maximum Gasteiger partial charge on any atom is 0.0646 e. The first-order valence-corrected chi connectivity index (χ1v) is 7.04. The summed E-state index contributed by atoms with van der Waals surface area (Å²) in [6.45, 7) is 2.48. The van der Waals surface area contributed by atoms with Crippen LogP contribution in [0.1, 0.15) is 29.5 Å². The van der Waals surface area contributed by atoms with Crippen molar-refractivity contribution in [2.75, 3.05) is 13.2 Å². The van der Waals surface area contributed by atoms with Crippen LogP contribution in [0, 0.1) is 17.8 Å². The molecule has 1 aromatic carbocycles. The molecule has 2 nitrogen and oxygen atoms in total. The summed E-state index contributed by atoms with van der Waals surface area (Å²) in [5.41, 5.74) is 3.55. The molecule has 0 aliphatic carbocycles. The Kier molecular flexibility index (Phi) is 3.49. The van der Waals surface area contributed by atoms with Gasteiger partial charge in [0.2, 0.25) is 0 Å². The number of fused-ring (bicyclic) bond motifs is 1. The van der Waals surface area contributed by atoms with Crippen molar-refractivity contribution in [1.82, 2.24) is 0 Å². The maximum atomic E-state index is 5.34. The third-order valence-corrected chi connectivity index (χ3v) is 4.01. The summed E-state index contributed by atoms with van der Waals surface area (Å²) in [6, 6.07) is 4.26. The molecule has 0 unspecified atom stereocenters. The molecule has 92 valence electrons. The fourth-order valence-electron chi connectivity index (χ4n) is 2.25. The minimum atomic E-state index is 0.482. The molecule has 1 saturated heterocycles. The van der Waals surface area contributed by atoms with Gasteiger partial charge in [-0.1, -0.05) is 11.8 Å². The van der Waals surface area contributed by atoms with Crippen LogP contribution in [0.2, 0.25) is 0 Å². The Morgan fingerprint density at radius 2 is 2.11 bits per heavy atom. The van der Waals surface area contributed by atoms with E-state index in [1.807, 2.05) is 6.21 Å². The lowest BCUT2D eigenvalue weighted by atomic mass is 10.00.